The Balaban J connectivity index is 2.47. The molecule has 0 nitrogen and oxygen atoms in total. The first kappa shape index (κ1) is 15.0. The summed E-state index contributed by atoms with van der Waals surface area (Å²) in [5, 5.41) is 2.98. The Morgan fingerprint density at radius 2 is 1.57 bits per heavy atom. The van der Waals surface area contributed by atoms with Crippen molar-refractivity contribution < 1.29 is 0 Å². The van der Waals surface area contributed by atoms with E-state index in [0.717, 1.165) is 0 Å². The summed E-state index contributed by atoms with van der Waals surface area (Å²) in [4.78, 5) is 1.54. The Hall–Kier alpha value is -0.950. The third-order valence-corrected chi connectivity index (χ3v) is 5.59. The van der Waals surface area contributed by atoms with Crippen molar-refractivity contribution in [3.63, 3.8) is 0 Å². The van der Waals surface area contributed by atoms with Gasteiger partial charge in [-0.15, -0.1) is 11.8 Å². The van der Waals surface area contributed by atoms with E-state index in [4.69, 9.17) is 0 Å². The number of fused-ring (bicyclic) bond motifs is 3. The molecule has 21 heavy (non-hydrogen) atoms. The molecular weight excluding hydrogens is 272 g/mol. The lowest BCUT2D eigenvalue weighted by atomic mass is 9.78. The van der Waals surface area contributed by atoms with Crippen LogP contribution in [-0.2, 0) is 17.3 Å². The highest BCUT2D eigenvalue weighted by Gasteiger charge is 2.27. The summed E-state index contributed by atoms with van der Waals surface area (Å²) in [6.45, 7) is 14.0. The minimum Gasteiger partial charge on any atom is -0.125 e. The summed E-state index contributed by atoms with van der Waals surface area (Å²) < 4.78 is 0. The van der Waals surface area contributed by atoms with E-state index in [9.17, 15) is 0 Å². The van der Waals surface area contributed by atoms with Crippen molar-refractivity contribution in [1.82, 2.24) is 0 Å². The maximum absolute atomic E-state index is 2.48. The maximum atomic E-state index is 2.48. The summed E-state index contributed by atoms with van der Waals surface area (Å²) in [6.07, 6.45) is 1.22. The van der Waals surface area contributed by atoms with Crippen LogP contribution in [0.2, 0.25) is 0 Å². The van der Waals surface area contributed by atoms with Crippen LogP contribution in [0.15, 0.2) is 29.2 Å². The van der Waals surface area contributed by atoms with E-state index in [2.05, 4.69) is 65.8 Å². The normalized spacial score (nSPS) is 15.5. The van der Waals surface area contributed by atoms with Crippen LogP contribution >= 0.6 is 11.8 Å². The average Bonchev–Trinajstić information content (AvgIpc) is 2.82. The van der Waals surface area contributed by atoms with E-state index in [0.29, 0.717) is 0 Å². The van der Waals surface area contributed by atoms with Gasteiger partial charge in [-0.1, -0.05) is 65.8 Å². The second kappa shape index (κ2) is 4.78. The third kappa shape index (κ3) is 2.50. The van der Waals surface area contributed by atoms with Gasteiger partial charge in [0, 0.05) is 10.6 Å². The van der Waals surface area contributed by atoms with E-state index in [1.807, 2.05) is 11.8 Å². The molecule has 0 N–H and O–H groups in total. The number of benzene rings is 2. The summed E-state index contributed by atoms with van der Waals surface area (Å²) >= 11 is 2.05. The van der Waals surface area contributed by atoms with Crippen molar-refractivity contribution >= 4 is 22.5 Å². The van der Waals surface area contributed by atoms with Crippen LogP contribution < -0.4 is 0 Å². The van der Waals surface area contributed by atoms with E-state index < -0.39 is 0 Å². The lowest BCUT2D eigenvalue weighted by Gasteiger charge is -2.27. The van der Waals surface area contributed by atoms with E-state index in [-0.39, 0.29) is 10.8 Å². The van der Waals surface area contributed by atoms with Crippen molar-refractivity contribution in [1.29, 1.82) is 0 Å². The van der Waals surface area contributed by atoms with Crippen LogP contribution in [0.1, 0.15) is 58.2 Å². The second-order valence-electron chi connectivity index (χ2n) is 8.24. The molecule has 112 valence electrons. The lowest BCUT2D eigenvalue weighted by Crippen LogP contribution is -2.15. The predicted octanol–water partition coefficient (Wildman–Crippen LogP) is 6.08. The molecule has 0 saturated carbocycles. The lowest BCUT2D eigenvalue weighted by molar-refractivity contribution is 0.589. The van der Waals surface area contributed by atoms with Gasteiger partial charge < -0.3 is 0 Å². The van der Waals surface area contributed by atoms with Gasteiger partial charge in [-0.2, -0.15) is 0 Å². The third-order valence-electron chi connectivity index (χ3n) is 4.43. The molecule has 0 aliphatic carbocycles. The van der Waals surface area contributed by atoms with Crippen LogP contribution in [0, 0.1) is 0 Å². The Bertz CT molecular complexity index is 684. The number of hydrogen-bond donors (Lipinski definition) is 0. The maximum Gasteiger partial charge on any atom is 0.0186 e. The van der Waals surface area contributed by atoms with Gasteiger partial charge in [-0.05, 0) is 44.7 Å². The first-order valence-electron chi connectivity index (χ1n) is 7.92. The molecule has 1 heterocycles. The largest absolute Gasteiger partial charge is 0.125 e. The molecule has 0 fully saturated rings. The molecule has 1 aliphatic heterocycles. The minimum atomic E-state index is 0.187. The zero-order chi connectivity index (χ0) is 15.4. The molecule has 0 amide bonds. The second-order valence-corrected chi connectivity index (χ2v) is 9.34. The SMILES string of the molecule is CC(C)(C)c1cc2c(c3c(C(C)(C)C)cccc13)SCC2. The van der Waals surface area contributed by atoms with Crippen molar-refractivity contribution in [3.05, 3.63) is 41.0 Å². The molecule has 0 spiro atoms. The smallest absolute Gasteiger partial charge is 0.0186 e. The van der Waals surface area contributed by atoms with E-state index >= 15 is 0 Å². The molecular formula is C20H26S. The highest BCUT2D eigenvalue weighted by atomic mass is 32.2. The van der Waals surface area contributed by atoms with Gasteiger partial charge in [0.2, 0.25) is 0 Å². The number of aryl methyl sites for hydroxylation is 1. The van der Waals surface area contributed by atoms with Crippen molar-refractivity contribution in [2.24, 2.45) is 0 Å². The Labute approximate surface area is 133 Å². The summed E-state index contributed by atoms with van der Waals surface area (Å²) in [7, 11) is 0. The summed E-state index contributed by atoms with van der Waals surface area (Å²) in [5.41, 5.74) is 4.94. The molecule has 3 rings (SSSR count). The van der Waals surface area contributed by atoms with E-state index in [1.165, 1.54) is 34.1 Å². The van der Waals surface area contributed by atoms with Gasteiger partial charge in [0.05, 0.1) is 0 Å². The standard InChI is InChI=1S/C20H26S/c1-19(2,3)15-9-7-8-14-16(20(4,5)6)12-13-10-11-21-18(13)17(14)15/h7-9,12H,10-11H2,1-6H3. The monoisotopic (exact) mass is 298 g/mol. The molecule has 1 aliphatic rings. The van der Waals surface area contributed by atoms with Gasteiger partial charge in [0.25, 0.3) is 0 Å². The Morgan fingerprint density at radius 3 is 2.19 bits per heavy atom. The Kier molecular flexibility index (Phi) is 3.40. The minimum absolute atomic E-state index is 0.187. The van der Waals surface area contributed by atoms with Gasteiger partial charge in [-0.3, -0.25) is 0 Å². The molecule has 1 heteroatoms. The van der Waals surface area contributed by atoms with Crippen LogP contribution in [-0.4, -0.2) is 5.75 Å². The molecule has 0 atom stereocenters. The van der Waals surface area contributed by atoms with Gasteiger partial charge in [0.15, 0.2) is 0 Å². The average molecular weight is 298 g/mol. The number of rotatable bonds is 0. The molecule has 0 bridgehead atoms. The summed E-state index contributed by atoms with van der Waals surface area (Å²) in [6, 6.07) is 9.37. The van der Waals surface area contributed by atoms with Crippen LogP contribution in [0.5, 0.6) is 0 Å². The van der Waals surface area contributed by atoms with Gasteiger partial charge in [0.1, 0.15) is 0 Å². The highest BCUT2D eigenvalue weighted by Crippen LogP contribution is 2.45. The topological polar surface area (TPSA) is 0 Å². The molecule has 0 radical (unpaired) electrons. The first-order chi connectivity index (χ1) is 9.69. The number of hydrogen-bond acceptors (Lipinski definition) is 1. The predicted molar refractivity (Wildman–Crippen MR) is 95.8 cm³/mol. The number of thioether (sulfide) groups is 1. The fraction of sp³-hybridized carbons (Fsp3) is 0.500. The zero-order valence-corrected chi connectivity index (χ0v) is 14.9. The first-order valence-corrected chi connectivity index (χ1v) is 8.90. The Morgan fingerprint density at radius 1 is 0.905 bits per heavy atom. The van der Waals surface area contributed by atoms with Gasteiger partial charge >= 0.3 is 0 Å². The van der Waals surface area contributed by atoms with Crippen molar-refractivity contribution in [2.45, 2.75) is 63.7 Å². The molecule has 0 unspecified atom stereocenters. The zero-order valence-electron chi connectivity index (χ0n) is 14.1. The van der Waals surface area contributed by atoms with Crippen LogP contribution in [0.25, 0.3) is 10.8 Å². The fourth-order valence-electron chi connectivity index (χ4n) is 3.36. The molecule has 2 aromatic carbocycles. The van der Waals surface area contributed by atoms with Crippen molar-refractivity contribution in [2.75, 3.05) is 5.75 Å². The van der Waals surface area contributed by atoms with Crippen LogP contribution in [0.3, 0.4) is 0 Å². The van der Waals surface area contributed by atoms with Crippen molar-refractivity contribution in [3.8, 4) is 0 Å². The fourth-order valence-corrected chi connectivity index (χ4v) is 4.60. The van der Waals surface area contributed by atoms with E-state index in [1.54, 1.807) is 10.5 Å². The van der Waals surface area contributed by atoms with Gasteiger partial charge in [-0.25, -0.2) is 0 Å². The molecule has 2 aromatic rings. The van der Waals surface area contributed by atoms with Crippen LogP contribution in [0.4, 0.5) is 0 Å². The molecule has 0 saturated heterocycles. The highest BCUT2D eigenvalue weighted by molar-refractivity contribution is 7.99. The summed E-state index contributed by atoms with van der Waals surface area (Å²) in [5.74, 6) is 1.23. The molecule has 0 aromatic heterocycles. The quantitative estimate of drug-likeness (QED) is 0.567.